The van der Waals surface area contributed by atoms with Crippen LogP contribution in [0.3, 0.4) is 0 Å². The predicted molar refractivity (Wildman–Crippen MR) is 77.0 cm³/mol. The molecule has 2 aromatic heterocycles. The first-order valence-electron chi connectivity index (χ1n) is 5.56. The zero-order valence-electron chi connectivity index (χ0n) is 9.89. The zero-order valence-corrected chi connectivity index (χ0v) is 12.3. The number of carbonyl (C=O) groups is 1. The molecule has 0 saturated heterocycles. The summed E-state index contributed by atoms with van der Waals surface area (Å²) in [5.41, 5.74) is 0.770. The van der Waals surface area contributed by atoms with Crippen molar-refractivity contribution in [2.75, 3.05) is 6.54 Å². The minimum absolute atomic E-state index is 0.174. The summed E-state index contributed by atoms with van der Waals surface area (Å²) in [5.74, 6) is -0.174. The van der Waals surface area contributed by atoms with Crippen LogP contribution in [0.15, 0.2) is 34.2 Å². The Balaban J connectivity index is 1.85. The van der Waals surface area contributed by atoms with Gasteiger partial charge in [-0.05, 0) is 40.5 Å². The highest BCUT2D eigenvalue weighted by Gasteiger charge is 2.06. The lowest BCUT2D eigenvalue weighted by Gasteiger charge is -2.03. The second kappa shape index (κ2) is 6.45. The minimum Gasteiger partial charge on any atom is -0.352 e. The minimum atomic E-state index is -0.174. The highest BCUT2D eigenvalue weighted by atomic mass is 79.9. The third-order valence-corrected chi connectivity index (χ3v) is 4.18. The average molecular weight is 336 g/mol. The highest BCUT2D eigenvalue weighted by molar-refractivity contribution is 9.10. The molecule has 2 rings (SSSR count). The van der Waals surface area contributed by atoms with E-state index in [2.05, 4.69) is 26.2 Å². The van der Waals surface area contributed by atoms with Crippen molar-refractivity contribution in [3.63, 3.8) is 0 Å². The lowest BCUT2D eigenvalue weighted by molar-refractivity contribution is 0.0954. The standard InChI is InChI=1S/C13H10BrN3OS/c14-10-5-12(19-8-10)3-4-16-13(18)9-1-2-11(6-15)17-7-9/h1-2,5,7-8H,3-4H2,(H,16,18). The van der Waals surface area contributed by atoms with E-state index in [0.29, 0.717) is 17.8 Å². The van der Waals surface area contributed by atoms with Gasteiger partial charge >= 0.3 is 0 Å². The van der Waals surface area contributed by atoms with Gasteiger partial charge in [-0.1, -0.05) is 0 Å². The van der Waals surface area contributed by atoms with Crippen LogP contribution in [0.2, 0.25) is 0 Å². The van der Waals surface area contributed by atoms with Crippen LogP contribution in [-0.4, -0.2) is 17.4 Å². The molecule has 0 fully saturated rings. The number of carbonyl (C=O) groups excluding carboxylic acids is 1. The van der Waals surface area contributed by atoms with Crippen molar-refractivity contribution in [2.24, 2.45) is 0 Å². The smallest absolute Gasteiger partial charge is 0.252 e. The van der Waals surface area contributed by atoms with Gasteiger partial charge in [0.1, 0.15) is 11.8 Å². The van der Waals surface area contributed by atoms with E-state index in [0.717, 1.165) is 10.9 Å². The molecule has 96 valence electrons. The van der Waals surface area contributed by atoms with Gasteiger partial charge in [0.15, 0.2) is 0 Å². The van der Waals surface area contributed by atoms with Gasteiger partial charge in [-0.25, -0.2) is 4.98 Å². The monoisotopic (exact) mass is 335 g/mol. The summed E-state index contributed by atoms with van der Waals surface area (Å²) in [4.78, 5) is 16.9. The third kappa shape index (κ3) is 3.88. The Labute approximate surface area is 123 Å². The molecule has 0 atom stereocenters. The molecule has 2 heterocycles. The van der Waals surface area contributed by atoms with Crippen molar-refractivity contribution in [1.29, 1.82) is 5.26 Å². The molecule has 0 saturated carbocycles. The molecule has 0 bridgehead atoms. The van der Waals surface area contributed by atoms with Crippen molar-refractivity contribution in [3.05, 3.63) is 50.4 Å². The zero-order chi connectivity index (χ0) is 13.7. The molecule has 0 aliphatic carbocycles. The van der Waals surface area contributed by atoms with E-state index < -0.39 is 0 Å². The van der Waals surface area contributed by atoms with Crippen LogP contribution in [-0.2, 0) is 6.42 Å². The molecule has 0 spiro atoms. The summed E-state index contributed by atoms with van der Waals surface area (Å²) in [6, 6.07) is 7.09. The summed E-state index contributed by atoms with van der Waals surface area (Å²) in [6.07, 6.45) is 2.21. The first-order valence-corrected chi connectivity index (χ1v) is 7.23. The molecule has 0 unspecified atom stereocenters. The van der Waals surface area contributed by atoms with Crippen LogP contribution in [0, 0.1) is 11.3 Å². The number of nitrogens with one attached hydrogen (secondary N) is 1. The van der Waals surface area contributed by atoms with Crippen LogP contribution in [0.4, 0.5) is 0 Å². The van der Waals surface area contributed by atoms with Crippen molar-refractivity contribution >= 4 is 33.2 Å². The maximum Gasteiger partial charge on any atom is 0.252 e. The summed E-state index contributed by atoms with van der Waals surface area (Å²) in [7, 11) is 0. The normalized spacial score (nSPS) is 9.89. The Hall–Kier alpha value is -1.71. The number of halogens is 1. The number of hydrogen-bond acceptors (Lipinski definition) is 4. The Morgan fingerprint density at radius 3 is 2.95 bits per heavy atom. The van der Waals surface area contributed by atoms with Crippen molar-refractivity contribution in [1.82, 2.24) is 10.3 Å². The van der Waals surface area contributed by atoms with Crippen LogP contribution >= 0.6 is 27.3 Å². The summed E-state index contributed by atoms with van der Waals surface area (Å²) < 4.78 is 1.06. The molecule has 1 N–H and O–H groups in total. The first-order chi connectivity index (χ1) is 9.19. The summed E-state index contributed by atoms with van der Waals surface area (Å²) in [5, 5.41) is 13.5. The third-order valence-electron chi connectivity index (χ3n) is 2.42. The van der Waals surface area contributed by atoms with Gasteiger partial charge in [0, 0.05) is 27.5 Å². The van der Waals surface area contributed by atoms with Gasteiger partial charge < -0.3 is 5.32 Å². The molecule has 0 aliphatic rings. The molecule has 6 heteroatoms. The molecular weight excluding hydrogens is 326 g/mol. The van der Waals surface area contributed by atoms with Gasteiger partial charge in [-0.15, -0.1) is 11.3 Å². The molecular formula is C13H10BrN3OS. The summed E-state index contributed by atoms with van der Waals surface area (Å²) >= 11 is 5.05. The molecule has 19 heavy (non-hydrogen) atoms. The van der Waals surface area contributed by atoms with E-state index in [4.69, 9.17) is 5.26 Å². The number of nitrogens with zero attached hydrogens (tertiary/aromatic N) is 2. The molecule has 0 aliphatic heterocycles. The van der Waals surface area contributed by atoms with E-state index in [1.807, 2.05) is 17.5 Å². The van der Waals surface area contributed by atoms with E-state index in [1.54, 1.807) is 17.4 Å². The number of aromatic nitrogens is 1. The van der Waals surface area contributed by atoms with E-state index >= 15 is 0 Å². The number of thiophene rings is 1. The fourth-order valence-electron chi connectivity index (χ4n) is 1.48. The van der Waals surface area contributed by atoms with Gasteiger partial charge in [-0.2, -0.15) is 5.26 Å². The Morgan fingerprint density at radius 1 is 1.53 bits per heavy atom. The number of amides is 1. The van der Waals surface area contributed by atoms with E-state index in [1.165, 1.54) is 17.1 Å². The molecule has 2 aromatic rings. The van der Waals surface area contributed by atoms with E-state index in [9.17, 15) is 4.79 Å². The second-order valence-electron chi connectivity index (χ2n) is 3.78. The number of hydrogen-bond donors (Lipinski definition) is 1. The largest absolute Gasteiger partial charge is 0.352 e. The molecule has 0 radical (unpaired) electrons. The number of rotatable bonds is 4. The maximum atomic E-state index is 11.8. The van der Waals surface area contributed by atoms with Gasteiger partial charge in [0.05, 0.1) is 5.56 Å². The van der Waals surface area contributed by atoms with Gasteiger partial charge in [0.25, 0.3) is 5.91 Å². The second-order valence-corrected chi connectivity index (χ2v) is 5.69. The Kier molecular flexibility index (Phi) is 4.66. The van der Waals surface area contributed by atoms with Crippen molar-refractivity contribution < 1.29 is 4.79 Å². The first kappa shape index (κ1) is 13.7. The van der Waals surface area contributed by atoms with Crippen molar-refractivity contribution in [3.8, 4) is 6.07 Å². The fraction of sp³-hybridized carbons (Fsp3) is 0.154. The molecule has 1 amide bonds. The van der Waals surface area contributed by atoms with E-state index in [-0.39, 0.29) is 5.91 Å². The Bertz CT molecular complexity index is 616. The highest BCUT2D eigenvalue weighted by Crippen LogP contribution is 2.19. The van der Waals surface area contributed by atoms with Gasteiger partial charge in [0.2, 0.25) is 0 Å². The van der Waals surface area contributed by atoms with Crippen LogP contribution in [0.5, 0.6) is 0 Å². The van der Waals surface area contributed by atoms with Crippen LogP contribution < -0.4 is 5.32 Å². The quantitative estimate of drug-likeness (QED) is 0.934. The Morgan fingerprint density at radius 2 is 2.37 bits per heavy atom. The average Bonchev–Trinajstić information content (AvgIpc) is 2.84. The SMILES string of the molecule is N#Cc1ccc(C(=O)NCCc2cc(Br)cs2)cn1. The predicted octanol–water partition coefficient (Wildman–Crippen LogP) is 2.75. The van der Waals surface area contributed by atoms with Crippen molar-refractivity contribution in [2.45, 2.75) is 6.42 Å². The molecule has 4 nitrogen and oxygen atoms in total. The lowest BCUT2D eigenvalue weighted by Crippen LogP contribution is -2.25. The fourth-order valence-corrected chi connectivity index (χ4v) is 2.94. The molecule has 0 aromatic carbocycles. The number of nitriles is 1. The van der Waals surface area contributed by atoms with Crippen LogP contribution in [0.25, 0.3) is 0 Å². The number of pyridine rings is 1. The maximum absolute atomic E-state index is 11.8. The topological polar surface area (TPSA) is 65.8 Å². The van der Waals surface area contributed by atoms with Gasteiger partial charge in [-0.3, -0.25) is 4.79 Å². The van der Waals surface area contributed by atoms with Crippen LogP contribution in [0.1, 0.15) is 20.9 Å². The lowest BCUT2D eigenvalue weighted by atomic mass is 10.2. The summed E-state index contributed by atoms with van der Waals surface area (Å²) in [6.45, 7) is 0.575.